The summed E-state index contributed by atoms with van der Waals surface area (Å²) in [5, 5.41) is 13.4. The highest BCUT2D eigenvalue weighted by atomic mass is 32.1. The van der Waals surface area contributed by atoms with Gasteiger partial charge in [-0.2, -0.15) is 10.2 Å². The highest BCUT2D eigenvalue weighted by Crippen LogP contribution is 2.31. The number of nitrogens with one attached hydrogen (secondary N) is 1. The Kier molecular flexibility index (Phi) is 4.21. The fourth-order valence-electron chi connectivity index (χ4n) is 2.71. The van der Waals surface area contributed by atoms with Crippen molar-refractivity contribution < 1.29 is 0 Å². The number of aryl methyl sites for hydroxylation is 4. The van der Waals surface area contributed by atoms with Crippen LogP contribution in [0.2, 0.25) is 0 Å². The van der Waals surface area contributed by atoms with Gasteiger partial charge in [0, 0.05) is 37.6 Å². The van der Waals surface area contributed by atoms with E-state index in [0.717, 1.165) is 40.2 Å². The summed E-state index contributed by atoms with van der Waals surface area (Å²) in [4.78, 5) is 5.75. The lowest BCUT2D eigenvalue weighted by molar-refractivity contribution is 0.633. The van der Waals surface area contributed by atoms with Gasteiger partial charge in [0.2, 0.25) is 0 Å². The second-order valence-corrected chi connectivity index (χ2v) is 6.63. The lowest BCUT2D eigenvalue weighted by Crippen LogP contribution is -2.03. The lowest BCUT2D eigenvalue weighted by Gasteiger charge is -2.04. The van der Waals surface area contributed by atoms with Gasteiger partial charge >= 0.3 is 0 Å². The van der Waals surface area contributed by atoms with Crippen LogP contribution in [0.1, 0.15) is 29.6 Å². The Morgan fingerprint density at radius 1 is 1.17 bits per heavy atom. The van der Waals surface area contributed by atoms with E-state index in [-0.39, 0.29) is 0 Å². The molecule has 3 rings (SSSR count). The topological polar surface area (TPSA) is 60.6 Å². The second kappa shape index (κ2) is 6.16. The van der Waals surface area contributed by atoms with Gasteiger partial charge in [-0.25, -0.2) is 4.98 Å². The van der Waals surface area contributed by atoms with E-state index in [2.05, 4.69) is 41.3 Å². The van der Waals surface area contributed by atoms with E-state index in [9.17, 15) is 0 Å². The molecule has 6 nitrogen and oxygen atoms in total. The number of rotatable bonds is 5. The SMILES string of the molecule is CCn1nc(C)c(CNc2nc(C)c(-c3ccn(C)n3)s2)c1C. The first-order valence-corrected chi connectivity index (χ1v) is 8.55. The maximum atomic E-state index is 4.63. The van der Waals surface area contributed by atoms with Crippen LogP contribution in [0.3, 0.4) is 0 Å². The predicted molar refractivity (Wildman–Crippen MR) is 93.8 cm³/mol. The number of thiazole rings is 1. The average molecular weight is 330 g/mol. The third kappa shape index (κ3) is 3.01. The highest BCUT2D eigenvalue weighted by molar-refractivity contribution is 7.19. The molecule has 0 bridgehead atoms. The molecule has 0 atom stereocenters. The molecule has 0 saturated carbocycles. The number of hydrogen-bond acceptors (Lipinski definition) is 5. The van der Waals surface area contributed by atoms with E-state index in [1.54, 1.807) is 11.3 Å². The van der Waals surface area contributed by atoms with Crippen LogP contribution in [0.15, 0.2) is 12.3 Å². The summed E-state index contributed by atoms with van der Waals surface area (Å²) in [6.45, 7) is 9.95. The molecule has 0 aliphatic rings. The van der Waals surface area contributed by atoms with Crippen LogP contribution in [0.4, 0.5) is 5.13 Å². The molecule has 0 unspecified atom stereocenters. The third-order valence-electron chi connectivity index (χ3n) is 3.99. The van der Waals surface area contributed by atoms with E-state index in [1.165, 1.54) is 11.3 Å². The van der Waals surface area contributed by atoms with Crippen molar-refractivity contribution in [2.45, 2.75) is 40.8 Å². The standard InChI is InChI=1S/C16H22N6S/c1-6-22-12(4)13(10(2)19-22)9-17-16-18-11(3)15(23-16)14-7-8-21(5)20-14/h7-8H,6,9H2,1-5H3,(H,17,18). The van der Waals surface area contributed by atoms with Crippen molar-refractivity contribution in [1.29, 1.82) is 0 Å². The first-order chi connectivity index (χ1) is 11.0. The van der Waals surface area contributed by atoms with Crippen LogP contribution in [-0.2, 0) is 20.1 Å². The van der Waals surface area contributed by atoms with Crippen molar-refractivity contribution in [3.05, 3.63) is 34.9 Å². The minimum atomic E-state index is 0.742. The van der Waals surface area contributed by atoms with Crippen molar-refractivity contribution in [1.82, 2.24) is 24.5 Å². The van der Waals surface area contributed by atoms with Gasteiger partial charge in [0.25, 0.3) is 0 Å². The molecule has 0 aliphatic carbocycles. The van der Waals surface area contributed by atoms with Gasteiger partial charge in [-0.3, -0.25) is 9.36 Å². The Balaban J connectivity index is 1.78. The van der Waals surface area contributed by atoms with Crippen molar-refractivity contribution >= 4 is 16.5 Å². The van der Waals surface area contributed by atoms with Crippen LogP contribution < -0.4 is 5.32 Å². The van der Waals surface area contributed by atoms with Gasteiger partial charge in [-0.05, 0) is 33.8 Å². The minimum Gasteiger partial charge on any atom is -0.357 e. The van der Waals surface area contributed by atoms with E-state index >= 15 is 0 Å². The molecule has 0 fully saturated rings. The minimum absolute atomic E-state index is 0.742. The molecule has 3 heterocycles. The van der Waals surface area contributed by atoms with Gasteiger partial charge in [0.1, 0.15) is 5.69 Å². The van der Waals surface area contributed by atoms with E-state index in [1.807, 2.05) is 35.6 Å². The second-order valence-electron chi connectivity index (χ2n) is 5.63. The van der Waals surface area contributed by atoms with Crippen LogP contribution in [-0.4, -0.2) is 24.5 Å². The molecule has 23 heavy (non-hydrogen) atoms. The zero-order valence-corrected chi connectivity index (χ0v) is 15.0. The van der Waals surface area contributed by atoms with E-state index in [4.69, 9.17) is 0 Å². The Morgan fingerprint density at radius 3 is 2.57 bits per heavy atom. The number of anilines is 1. The number of hydrogen-bond donors (Lipinski definition) is 1. The molecule has 7 heteroatoms. The Hall–Kier alpha value is -2.15. The van der Waals surface area contributed by atoms with E-state index < -0.39 is 0 Å². The monoisotopic (exact) mass is 330 g/mol. The molecule has 1 N–H and O–H groups in total. The summed E-state index contributed by atoms with van der Waals surface area (Å²) in [6, 6.07) is 2.02. The highest BCUT2D eigenvalue weighted by Gasteiger charge is 2.14. The summed E-state index contributed by atoms with van der Waals surface area (Å²) in [5.41, 5.74) is 5.53. The summed E-state index contributed by atoms with van der Waals surface area (Å²) in [7, 11) is 1.93. The van der Waals surface area contributed by atoms with Gasteiger partial charge < -0.3 is 5.32 Å². The molecule has 0 spiro atoms. The molecule has 0 saturated heterocycles. The summed E-state index contributed by atoms with van der Waals surface area (Å²) in [6.07, 6.45) is 1.95. The van der Waals surface area contributed by atoms with Crippen LogP contribution in [0.5, 0.6) is 0 Å². The molecule has 3 aromatic heterocycles. The fraction of sp³-hybridized carbons (Fsp3) is 0.438. The van der Waals surface area contributed by atoms with Crippen molar-refractivity contribution in [3.63, 3.8) is 0 Å². The largest absolute Gasteiger partial charge is 0.357 e. The summed E-state index contributed by atoms with van der Waals surface area (Å²) in [5.74, 6) is 0. The molecule has 0 aliphatic heterocycles. The average Bonchev–Trinajstić information content (AvgIpc) is 3.16. The molecule has 0 aromatic carbocycles. The van der Waals surface area contributed by atoms with Gasteiger partial charge in [-0.15, -0.1) is 0 Å². The molecule has 0 amide bonds. The van der Waals surface area contributed by atoms with E-state index in [0.29, 0.717) is 0 Å². The van der Waals surface area contributed by atoms with Crippen molar-refractivity contribution in [2.75, 3.05) is 5.32 Å². The number of nitrogens with zero attached hydrogens (tertiary/aromatic N) is 5. The zero-order chi connectivity index (χ0) is 16.6. The fourth-order valence-corrected chi connectivity index (χ4v) is 3.63. The molecular formula is C16H22N6S. The number of aromatic nitrogens is 5. The quantitative estimate of drug-likeness (QED) is 0.780. The third-order valence-corrected chi connectivity index (χ3v) is 5.13. The van der Waals surface area contributed by atoms with Gasteiger partial charge in [0.15, 0.2) is 5.13 Å². The van der Waals surface area contributed by atoms with Crippen LogP contribution >= 0.6 is 11.3 Å². The molecule has 3 aromatic rings. The molecular weight excluding hydrogens is 308 g/mol. The summed E-state index contributed by atoms with van der Waals surface area (Å²) < 4.78 is 3.85. The zero-order valence-electron chi connectivity index (χ0n) is 14.2. The van der Waals surface area contributed by atoms with Crippen molar-refractivity contribution in [2.24, 2.45) is 7.05 Å². The Morgan fingerprint density at radius 2 is 1.96 bits per heavy atom. The Bertz CT molecular complexity index is 826. The normalized spacial score (nSPS) is 11.2. The predicted octanol–water partition coefficient (Wildman–Crippen LogP) is 3.30. The smallest absolute Gasteiger partial charge is 0.183 e. The van der Waals surface area contributed by atoms with Crippen LogP contribution in [0.25, 0.3) is 10.6 Å². The first-order valence-electron chi connectivity index (χ1n) is 7.73. The Labute approximate surface area is 140 Å². The maximum Gasteiger partial charge on any atom is 0.183 e. The van der Waals surface area contributed by atoms with Crippen molar-refractivity contribution in [3.8, 4) is 10.6 Å². The molecule has 122 valence electrons. The first kappa shape index (κ1) is 15.7. The summed E-state index contributed by atoms with van der Waals surface area (Å²) >= 11 is 1.64. The van der Waals surface area contributed by atoms with Gasteiger partial charge in [0.05, 0.1) is 16.3 Å². The maximum absolute atomic E-state index is 4.63. The van der Waals surface area contributed by atoms with Gasteiger partial charge in [-0.1, -0.05) is 11.3 Å². The molecule has 0 radical (unpaired) electrons. The lowest BCUT2D eigenvalue weighted by atomic mass is 10.2. The van der Waals surface area contributed by atoms with Crippen LogP contribution in [0, 0.1) is 20.8 Å².